The summed E-state index contributed by atoms with van der Waals surface area (Å²) in [5.74, 6) is -0.532. The number of morpholine rings is 1. The Morgan fingerprint density at radius 2 is 1.98 bits per heavy atom. The number of pyridine rings is 2. The molecule has 1 spiro atoms. The van der Waals surface area contributed by atoms with Crippen LogP contribution in [0.2, 0.25) is 0 Å². The number of aromatic nitrogens is 4. The SMILES string of the molecule is CNc1nccc(-c2cnc(OC3C[C@@H](C(=O)O)N(c4nc(C(F)F)nc5c4oc4ccccc45)C3)c(N3CCOC4(COC4)[C@@H]3C)c2)c1OC. The first-order valence-electron chi connectivity index (χ1n) is 16.5. The van der Waals surface area contributed by atoms with Gasteiger partial charge in [-0.15, -0.1) is 0 Å². The van der Waals surface area contributed by atoms with Gasteiger partial charge in [0.1, 0.15) is 34.5 Å². The Kier molecular flexibility index (Phi) is 8.21. The highest BCUT2D eigenvalue weighted by Crippen LogP contribution is 2.43. The lowest BCUT2D eigenvalue weighted by Gasteiger charge is -2.53. The molecule has 266 valence electrons. The molecule has 1 aromatic carbocycles. The van der Waals surface area contributed by atoms with E-state index in [0.29, 0.717) is 54.6 Å². The summed E-state index contributed by atoms with van der Waals surface area (Å²) >= 11 is 0. The predicted molar refractivity (Wildman–Crippen MR) is 182 cm³/mol. The second kappa shape index (κ2) is 12.8. The van der Waals surface area contributed by atoms with Gasteiger partial charge in [0, 0.05) is 48.9 Å². The van der Waals surface area contributed by atoms with Gasteiger partial charge in [0.25, 0.3) is 6.43 Å². The van der Waals surface area contributed by atoms with Crippen molar-refractivity contribution >= 4 is 45.4 Å². The maximum absolute atomic E-state index is 14.1. The maximum Gasteiger partial charge on any atom is 0.326 e. The predicted octanol–water partition coefficient (Wildman–Crippen LogP) is 4.93. The van der Waals surface area contributed by atoms with E-state index in [9.17, 15) is 18.7 Å². The Bertz CT molecular complexity index is 2130. The molecule has 0 saturated carbocycles. The van der Waals surface area contributed by atoms with Crippen LogP contribution in [0.5, 0.6) is 11.6 Å². The van der Waals surface area contributed by atoms with Gasteiger partial charge in [-0.05, 0) is 31.2 Å². The van der Waals surface area contributed by atoms with E-state index >= 15 is 0 Å². The molecule has 14 nitrogen and oxygen atoms in total. The highest BCUT2D eigenvalue weighted by molar-refractivity contribution is 6.06. The van der Waals surface area contributed by atoms with Crippen LogP contribution < -0.4 is 24.6 Å². The quantitative estimate of drug-likeness (QED) is 0.213. The molecule has 5 aromatic rings. The number of methoxy groups -OCH3 is 1. The Hall–Kier alpha value is -5.35. The van der Waals surface area contributed by atoms with Crippen LogP contribution in [0.1, 0.15) is 25.6 Å². The van der Waals surface area contributed by atoms with E-state index in [1.165, 1.54) is 4.90 Å². The molecule has 3 saturated heterocycles. The van der Waals surface area contributed by atoms with E-state index in [4.69, 9.17) is 28.3 Å². The van der Waals surface area contributed by atoms with Gasteiger partial charge in [-0.25, -0.2) is 33.5 Å². The van der Waals surface area contributed by atoms with Gasteiger partial charge in [0.15, 0.2) is 28.8 Å². The van der Waals surface area contributed by atoms with E-state index < -0.39 is 36.0 Å². The molecule has 2 N–H and O–H groups in total. The molecule has 7 heterocycles. The van der Waals surface area contributed by atoms with Crippen LogP contribution in [-0.4, -0.2) is 102 Å². The Morgan fingerprint density at radius 1 is 1.16 bits per heavy atom. The standard InChI is InChI=1S/C35H35F2N7O7/c1-18-35(16-48-17-35)49-11-10-43(18)23-12-19(21-8-9-39-30(38-2)27(21)47-3)14-40-33(23)50-20-13-24(34(45)46)44(15-20)32-28-26(41-31(42-32)29(36)37)22-6-4-5-7-25(22)51-28/h4-9,12,14,18,20,24,29H,10-11,13,15-17H2,1-3H3,(H,38,39)(H,45,46)/t18-,20?,24-/m0/s1. The number of alkyl halides is 2. The molecule has 0 bridgehead atoms. The van der Waals surface area contributed by atoms with Crippen molar-refractivity contribution in [3.63, 3.8) is 0 Å². The number of nitrogens with one attached hydrogen (secondary N) is 1. The minimum absolute atomic E-state index is 0.00578. The third-order valence-electron chi connectivity index (χ3n) is 9.95. The molecular weight excluding hydrogens is 668 g/mol. The number of ether oxygens (including phenoxy) is 4. The molecule has 51 heavy (non-hydrogen) atoms. The summed E-state index contributed by atoms with van der Waals surface area (Å²) in [6.07, 6.45) is -0.336. The van der Waals surface area contributed by atoms with Crippen molar-refractivity contribution in [2.75, 3.05) is 62.2 Å². The highest BCUT2D eigenvalue weighted by Gasteiger charge is 2.50. The molecule has 8 rings (SSSR count). The number of rotatable bonds is 9. The van der Waals surface area contributed by atoms with Crippen LogP contribution in [0.15, 0.2) is 53.2 Å². The number of furan rings is 1. The molecular formula is C35H35F2N7O7. The van der Waals surface area contributed by atoms with Crippen molar-refractivity contribution in [3.05, 3.63) is 54.6 Å². The van der Waals surface area contributed by atoms with Gasteiger partial charge in [-0.3, -0.25) is 0 Å². The van der Waals surface area contributed by atoms with Gasteiger partial charge < -0.3 is 43.6 Å². The van der Waals surface area contributed by atoms with Gasteiger partial charge in [-0.2, -0.15) is 0 Å². The molecule has 0 radical (unpaired) electrons. The lowest BCUT2D eigenvalue weighted by Crippen LogP contribution is -2.68. The van der Waals surface area contributed by atoms with E-state index in [-0.39, 0.29) is 41.8 Å². The second-order valence-corrected chi connectivity index (χ2v) is 12.8. The molecule has 0 amide bonds. The molecule has 0 aliphatic carbocycles. The zero-order chi connectivity index (χ0) is 35.4. The van der Waals surface area contributed by atoms with Crippen molar-refractivity contribution in [1.29, 1.82) is 0 Å². The van der Waals surface area contributed by atoms with E-state index in [0.717, 1.165) is 11.1 Å². The maximum atomic E-state index is 14.1. The van der Waals surface area contributed by atoms with Gasteiger partial charge in [0.2, 0.25) is 5.88 Å². The first-order chi connectivity index (χ1) is 24.7. The lowest BCUT2D eigenvalue weighted by atomic mass is 9.90. The summed E-state index contributed by atoms with van der Waals surface area (Å²) in [6.45, 7) is 3.96. The summed E-state index contributed by atoms with van der Waals surface area (Å²) in [4.78, 5) is 33.7. The van der Waals surface area contributed by atoms with Crippen molar-refractivity contribution in [1.82, 2.24) is 19.9 Å². The summed E-state index contributed by atoms with van der Waals surface area (Å²) < 4.78 is 58.3. The molecule has 1 unspecified atom stereocenters. The van der Waals surface area contributed by atoms with Crippen LogP contribution >= 0.6 is 0 Å². The fourth-order valence-corrected chi connectivity index (χ4v) is 7.24. The van der Waals surface area contributed by atoms with Crippen LogP contribution in [0, 0.1) is 0 Å². The molecule has 3 aliphatic heterocycles. The van der Waals surface area contributed by atoms with Gasteiger partial charge in [0.05, 0.1) is 39.5 Å². The smallest absolute Gasteiger partial charge is 0.326 e. The third kappa shape index (κ3) is 5.49. The van der Waals surface area contributed by atoms with Crippen LogP contribution in [0.25, 0.3) is 33.2 Å². The number of hydrogen-bond donors (Lipinski definition) is 2. The Morgan fingerprint density at radius 3 is 2.71 bits per heavy atom. The first-order valence-corrected chi connectivity index (χ1v) is 16.5. The fourth-order valence-electron chi connectivity index (χ4n) is 7.24. The molecule has 3 atom stereocenters. The largest absolute Gasteiger partial charge is 0.492 e. The summed E-state index contributed by atoms with van der Waals surface area (Å²) in [5.41, 5.74) is 2.41. The average molecular weight is 704 g/mol. The number of halogens is 2. The summed E-state index contributed by atoms with van der Waals surface area (Å²) in [7, 11) is 3.33. The normalized spacial score (nSPS) is 21.4. The molecule has 3 fully saturated rings. The zero-order valence-electron chi connectivity index (χ0n) is 28.0. The average Bonchev–Trinajstić information content (AvgIpc) is 3.72. The number of carboxylic acids is 1. The van der Waals surface area contributed by atoms with Crippen LogP contribution in [0.3, 0.4) is 0 Å². The van der Waals surface area contributed by atoms with E-state index in [2.05, 4.69) is 32.1 Å². The number of carboxylic acid groups (broad SMARTS) is 1. The summed E-state index contributed by atoms with van der Waals surface area (Å²) in [6, 6.07) is 9.43. The molecule has 3 aliphatic rings. The number of aliphatic carboxylic acids is 1. The van der Waals surface area contributed by atoms with Crippen molar-refractivity contribution < 1.29 is 42.0 Å². The van der Waals surface area contributed by atoms with Crippen molar-refractivity contribution in [2.45, 2.75) is 43.6 Å². The monoisotopic (exact) mass is 703 g/mol. The first kappa shape index (κ1) is 32.8. The number of hydrogen-bond acceptors (Lipinski definition) is 13. The Balaban J connectivity index is 1.19. The second-order valence-electron chi connectivity index (χ2n) is 12.8. The van der Waals surface area contributed by atoms with Crippen molar-refractivity contribution in [3.8, 4) is 22.8 Å². The molecule has 16 heteroatoms. The Labute approximate surface area is 290 Å². The number of benzene rings is 1. The lowest BCUT2D eigenvalue weighted by molar-refractivity contribution is -0.228. The molecule has 4 aromatic heterocycles. The number of carbonyl (C=O) groups is 1. The topological polar surface area (TPSA) is 157 Å². The summed E-state index contributed by atoms with van der Waals surface area (Å²) in [5, 5.41) is 13.9. The van der Waals surface area contributed by atoms with Crippen molar-refractivity contribution in [2.24, 2.45) is 0 Å². The minimum atomic E-state index is -2.99. The number of fused-ring (bicyclic) bond motifs is 3. The van der Waals surface area contributed by atoms with E-state index in [1.54, 1.807) is 50.8 Å². The minimum Gasteiger partial charge on any atom is -0.492 e. The van der Waals surface area contributed by atoms with E-state index in [1.807, 2.05) is 12.1 Å². The van der Waals surface area contributed by atoms with Gasteiger partial charge >= 0.3 is 5.97 Å². The third-order valence-corrected chi connectivity index (χ3v) is 9.95. The zero-order valence-corrected chi connectivity index (χ0v) is 28.0. The van der Waals surface area contributed by atoms with Gasteiger partial charge in [-0.1, -0.05) is 12.1 Å². The number of nitrogens with zero attached hydrogens (tertiary/aromatic N) is 6. The number of para-hydroxylation sites is 1. The highest BCUT2D eigenvalue weighted by atomic mass is 19.3. The number of anilines is 3. The van der Waals surface area contributed by atoms with Crippen LogP contribution in [0.4, 0.5) is 26.1 Å². The van der Waals surface area contributed by atoms with Crippen LogP contribution in [-0.2, 0) is 14.3 Å². The fraction of sp³-hybridized carbons (Fsp3) is 0.400.